The first kappa shape index (κ1) is 28.8. The van der Waals surface area contributed by atoms with E-state index < -0.39 is 59.6 Å². The van der Waals surface area contributed by atoms with Gasteiger partial charge in [0, 0.05) is 57.3 Å². The number of hydroxylamine groups is 2. The fraction of sp³-hybridized carbons (Fsp3) is 0.500. The van der Waals surface area contributed by atoms with Gasteiger partial charge in [0.15, 0.2) is 5.78 Å². The van der Waals surface area contributed by atoms with Crippen LogP contribution in [-0.2, 0) is 48.0 Å². The molecule has 1 saturated heterocycles. The van der Waals surface area contributed by atoms with Gasteiger partial charge >= 0.3 is 5.97 Å². The Morgan fingerprint density at radius 2 is 1.32 bits per heavy atom. The summed E-state index contributed by atoms with van der Waals surface area (Å²) in [6.45, 7) is -0.756. The van der Waals surface area contributed by atoms with E-state index in [0.717, 1.165) is 17.1 Å². The van der Waals surface area contributed by atoms with Crippen molar-refractivity contribution >= 4 is 53.1 Å². The first-order valence-corrected chi connectivity index (χ1v) is 11.5. The first-order chi connectivity index (χ1) is 17.6. The van der Waals surface area contributed by atoms with E-state index in [0.29, 0.717) is 5.06 Å². The van der Waals surface area contributed by atoms with Gasteiger partial charge in [-0.1, -0.05) is 0 Å². The van der Waals surface area contributed by atoms with Crippen molar-refractivity contribution < 1.29 is 48.0 Å². The SMILES string of the molecule is O=C(CCC(=O)NCC(=O)NCCC(=O)ON1C(=O)CCC1=O)CNC(=O)CCCN1C(=O)C=CC1=O. The number of imide groups is 2. The zero-order valence-corrected chi connectivity index (χ0v) is 19.9. The first-order valence-electron chi connectivity index (χ1n) is 11.5. The third-order valence-electron chi connectivity index (χ3n) is 5.10. The van der Waals surface area contributed by atoms with Crippen molar-refractivity contribution in [2.24, 2.45) is 0 Å². The molecule has 0 spiro atoms. The molecule has 15 heteroatoms. The minimum absolute atomic E-state index is 0.00612. The minimum atomic E-state index is -0.882. The van der Waals surface area contributed by atoms with Crippen LogP contribution in [0.2, 0.25) is 0 Å². The predicted molar refractivity (Wildman–Crippen MR) is 120 cm³/mol. The van der Waals surface area contributed by atoms with Gasteiger partial charge in [-0.25, -0.2) is 4.79 Å². The van der Waals surface area contributed by atoms with Gasteiger partial charge in [-0.2, -0.15) is 0 Å². The highest BCUT2D eigenvalue weighted by atomic mass is 16.7. The second-order valence-electron chi connectivity index (χ2n) is 8.00. The molecule has 0 aromatic heterocycles. The lowest BCUT2D eigenvalue weighted by Crippen LogP contribution is -2.38. The number of ketones is 1. The van der Waals surface area contributed by atoms with Crippen LogP contribution in [0.4, 0.5) is 0 Å². The molecule has 2 heterocycles. The fourth-order valence-electron chi connectivity index (χ4n) is 3.12. The molecule has 2 rings (SSSR count). The molecule has 2 aliphatic rings. The molecule has 3 N–H and O–H groups in total. The number of carbonyl (C=O) groups is 9. The summed E-state index contributed by atoms with van der Waals surface area (Å²) < 4.78 is 0. The topological polar surface area (TPSA) is 205 Å². The maximum atomic E-state index is 11.9. The smallest absolute Gasteiger partial charge is 0.334 e. The number of carbonyl (C=O) groups excluding carboxylic acids is 9. The second kappa shape index (κ2) is 14.2. The molecule has 0 atom stereocenters. The summed E-state index contributed by atoms with van der Waals surface area (Å²) in [6.07, 6.45) is 1.79. The molecule has 0 bridgehead atoms. The number of nitrogens with zero attached hydrogens (tertiary/aromatic N) is 2. The number of hydrogen-bond acceptors (Lipinski definition) is 10. The van der Waals surface area contributed by atoms with Crippen molar-refractivity contribution in [3.05, 3.63) is 12.2 Å². The molecular formula is C22H27N5O10. The quantitative estimate of drug-likeness (QED) is 0.191. The number of Topliss-reactive ketones (excluding diaryl/α,β-unsaturated/α-hetero) is 1. The summed E-state index contributed by atoms with van der Waals surface area (Å²) in [5, 5.41) is 7.45. The average Bonchev–Trinajstić information content (AvgIpc) is 3.35. The van der Waals surface area contributed by atoms with Gasteiger partial charge in [0.2, 0.25) is 17.7 Å². The normalized spacial score (nSPS) is 14.7. The van der Waals surface area contributed by atoms with Crippen LogP contribution in [-0.4, -0.2) is 89.2 Å². The van der Waals surface area contributed by atoms with E-state index in [9.17, 15) is 43.2 Å². The van der Waals surface area contributed by atoms with Gasteiger partial charge in [-0.3, -0.25) is 43.3 Å². The Labute approximate surface area is 210 Å². The predicted octanol–water partition coefficient (Wildman–Crippen LogP) is -2.61. The molecule has 0 unspecified atom stereocenters. The van der Waals surface area contributed by atoms with Crippen molar-refractivity contribution in [3.63, 3.8) is 0 Å². The number of nitrogens with one attached hydrogen (secondary N) is 3. The summed E-state index contributed by atoms with van der Waals surface area (Å²) in [7, 11) is 0. The zero-order chi connectivity index (χ0) is 27.4. The third-order valence-corrected chi connectivity index (χ3v) is 5.10. The van der Waals surface area contributed by atoms with E-state index in [2.05, 4.69) is 20.8 Å². The van der Waals surface area contributed by atoms with Crippen molar-refractivity contribution in [1.29, 1.82) is 0 Å². The highest BCUT2D eigenvalue weighted by molar-refractivity contribution is 6.12. The minimum Gasteiger partial charge on any atom is -0.354 e. The average molecular weight is 521 g/mol. The summed E-state index contributed by atoms with van der Waals surface area (Å²) in [5.41, 5.74) is 0. The maximum Gasteiger partial charge on any atom is 0.334 e. The molecule has 7 amide bonds. The third kappa shape index (κ3) is 9.99. The Morgan fingerprint density at radius 3 is 1.97 bits per heavy atom. The van der Waals surface area contributed by atoms with Crippen LogP contribution in [0.25, 0.3) is 0 Å². The van der Waals surface area contributed by atoms with Gasteiger partial charge in [-0.05, 0) is 6.42 Å². The van der Waals surface area contributed by atoms with E-state index in [1.165, 1.54) is 0 Å². The van der Waals surface area contributed by atoms with Crippen LogP contribution in [0.3, 0.4) is 0 Å². The van der Waals surface area contributed by atoms with Crippen molar-refractivity contribution in [2.75, 3.05) is 26.2 Å². The molecule has 2 aliphatic heterocycles. The molecule has 0 radical (unpaired) electrons. The molecule has 200 valence electrons. The molecule has 0 aliphatic carbocycles. The van der Waals surface area contributed by atoms with Crippen molar-refractivity contribution in [1.82, 2.24) is 25.9 Å². The second-order valence-corrected chi connectivity index (χ2v) is 8.00. The number of rotatable bonds is 15. The molecule has 0 saturated carbocycles. The van der Waals surface area contributed by atoms with Crippen molar-refractivity contribution in [3.8, 4) is 0 Å². The standard InChI is InChI=1S/C22H27N5O10/c28-14(12-24-15(29)2-1-11-26-18(32)5-6-19(26)33)3-4-16(30)25-13-17(31)23-10-9-22(36)37-27-20(34)7-8-21(27)35/h5-6H,1-4,7-13H2,(H,23,31)(H,24,29)(H,25,30). The molecule has 0 aromatic rings. The summed E-state index contributed by atoms with van der Waals surface area (Å²) in [5.74, 6) is -5.02. The van der Waals surface area contributed by atoms with E-state index in [1.54, 1.807) is 0 Å². The summed E-state index contributed by atoms with van der Waals surface area (Å²) in [4.78, 5) is 110. The Morgan fingerprint density at radius 1 is 0.730 bits per heavy atom. The van der Waals surface area contributed by atoms with Crippen LogP contribution < -0.4 is 16.0 Å². The Balaban J connectivity index is 1.49. The van der Waals surface area contributed by atoms with Crippen LogP contribution in [0.5, 0.6) is 0 Å². The van der Waals surface area contributed by atoms with Gasteiger partial charge in [0.25, 0.3) is 23.6 Å². The van der Waals surface area contributed by atoms with Gasteiger partial charge in [0.1, 0.15) is 0 Å². The lowest BCUT2D eigenvalue weighted by atomic mass is 10.2. The lowest BCUT2D eigenvalue weighted by Gasteiger charge is -2.13. The monoisotopic (exact) mass is 521 g/mol. The van der Waals surface area contributed by atoms with E-state index >= 15 is 0 Å². The fourth-order valence-corrected chi connectivity index (χ4v) is 3.12. The van der Waals surface area contributed by atoms with E-state index in [-0.39, 0.29) is 64.6 Å². The lowest BCUT2D eigenvalue weighted by molar-refractivity contribution is -0.197. The molecule has 15 nitrogen and oxygen atoms in total. The Bertz CT molecular complexity index is 987. The summed E-state index contributed by atoms with van der Waals surface area (Å²) >= 11 is 0. The highest BCUT2D eigenvalue weighted by Gasteiger charge is 2.32. The molecular weight excluding hydrogens is 494 g/mol. The van der Waals surface area contributed by atoms with Crippen LogP contribution >= 0.6 is 0 Å². The number of hydrogen-bond donors (Lipinski definition) is 3. The summed E-state index contributed by atoms with van der Waals surface area (Å²) in [6, 6.07) is 0. The maximum absolute atomic E-state index is 11.9. The largest absolute Gasteiger partial charge is 0.354 e. The molecule has 0 aromatic carbocycles. The molecule has 37 heavy (non-hydrogen) atoms. The van der Waals surface area contributed by atoms with Gasteiger partial charge in [-0.15, -0.1) is 5.06 Å². The van der Waals surface area contributed by atoms with Crippen LogP contribution in [0, 0.1) is 0 Å². The van der Waals surface area contributed by atoms with E-state index in [4.69, 9.17) is 0 Å². The van der Waals surface area contributed by atoms with Gasteiger partial charge < -0.3 is 20.8 Å². The zero-order valence-electron chi connectivity index (χ0n) is 19.9. The molecule has 1 fully saturated rings. The van der Waals surface area contributed by atoms with Gasteiger partial charge in [0.05, 0.1) is 19.5 Å². The Hall–Kier alpha value is -4.43. The Kier molecular flexibility index (Phi) is 11.1. The highest BCUT2D eigenvalue weighted by Crippen LogP contribution is 2.12. The van der Waals surface area contributed by atoms with Crippen LogP contribution in [0.15, 0.2) is 12.2 Å². The van der Waals surface area contributed by atoms with Crippen molar-refractivity contribution in [2.45, 2.75) is 44.9 Å². The number of amides is 7. The van der Waals surface area contributed by atoms with Crippen LogP contribution in [0.1, 0.15) is 44.9 Å². The van der Waals surface area contributed by atoms with E-state index in [1.807, 2.05) is 0 Å².